The number of hydrogen-bond acceptors (Lipinski definition) is 3. The van der Waals surface area contributed by atoms with Gasteiger partial charge in [0.2, 0.25) is 5.91 Å². The quantitative estimate of drug-likeness (QED) is 0.711. The zero-order chi connectivity index (χ0) is 17.2. The molecule has 24 heavy (non-hydrogen) atoms. The first-order valence-electron chi connectivity index (χ1n) is 8.23. The van der Waals surface area contributed by atoms with E-state index in [2.05, 4.69) is 16.4 Å². The van der Waals surface area contributed by atoms with Gasteiger partial charge >= 0.3 is 0 Å². The van der Waals surface area contributed by atoms with Crippen LogP contribution in [0.15, 0.2) is 48.8 Å². The molecule has 2 aromatic rings. The Hall–Kier alpha value is -1.91. The van der Waals surface area contributed by atoms with Gasteiger partial charge in [0.05, 0.1) is 0 Å². The highest BCUT2D eigenvalue weighted by Crippen LogP contribution is 2.10. The van der Waals surface area contributed by atoms with Crippen LogP contribution < -0.4 is 5.32 Å². The number of likely N-dealkylation sites (N-methyl/N-ethyl adjacent to an activating group) is 1. The fourth-order valence-corrected chi connectivity index (χ4v) is 2.62. The Balaban J connectivity index is 1.58. The van der Waals surface area contributed by atoms with E-state index in [0.717, 1.165) is 31.0 Å². The summed E-state index contributed by atoms with van der Waals surface area (Å²) in [5.41, 5.74) is 2.40. The van der Waals surface area contributed by atoms with Gasteiger partial charge in [0.25, 0.3) is 0 Å². The smallest absolute Gasteiger partial charge is 0.223 e. The molecule has 1 heterocycles. The molecule has 0 fully saturated rings. The molecule has 0 aliphatic carbocycles. The number of aromatic nitrogens is 1. The number of nitrogens with one attached hydrogen (secondary N) is 1. The summed E-state index contributed by atoms with van der Waals surface area (Å²) >= 11 is 5.96. The monoisotopic (exact) mass is 345 g/mol. The third-order valence-corrected chi connectivity index (χ3v) is 4.14. The molecule has 0 aliphatic heterocycles. The summed E-state index contributed by atoms with van der Waals surface area (Å²) in [6, 6.07) is 11.8. The molecule has 1 N–H and O–H groups in total. The van der Waals surface area contributed by atoms with Gasteiger partial charge in [-0.15, -0.1) is 0 Å². The van der Waals surface area contributed by atoms with Crippen LogP contribution in [0.1, 0.15) is 17.5 Å². The molecule has 128 valence electrons. The number of benzene rings is 1. The second-order valence-electron chi connectivity index (χ2n) is 5.80. The van der Waals surface area contributed by atoms with Gasteiger partial charge in [-0.3, -0.25) is 9.78 Å². The summed E-state index contributed by atoms with van der Waals surface area (Å²) in [5.74, 6) is 0.166. The Morgan fingerprint density at radius 2 is 1.92 bits per heavy atom. The lowest BCUT2D eigenvalue weighted by atomic mass is 10.1. The molecule has 0 unspecified atom stereocenters. The highest BCUT2D eigenvalue weighted by molar-refractivity contribution is 6.30. The van der Waals surface area contributed by atoms with Gasteiger partial charge in [0.15, 0.2) is 0 Å². The fourth-order valence-electron chi connectivity index (χ4n) is 2.41. The van der Waals surface area contributed by atoms with Crippen molar-refractivity contribution in [1.29, 1.82) is 0 Å². The Kier molecular flexibility index (Phi) is 7.72. The SMILES string of the molecule is CN(CCc1ccncc1)C(=O)CCNCCc1cccc(Cl)c1. The van der Waals surface area contributed by atoms with Gasteiger partial charge in [-0.2, -0.15) is 0 Å². The van der Waals surface area contributed by atoms with Crippen LogP contribution in [0.4, 0.5) is 0 Å². The minimum Gasteiger partial charge on any atom is -0.345 e. The van der Waals surface area contributed by atoms with E-state index >= 15 is 0 Å². The third kappa shape index (κ3) is 6.69. The minimum atomic E-state index is 0.166. The van der Waals surface area contributed by atoms with E-state index in [4.69, 9.17) is 11.6 Å². The summed E-state index contributed by atoms with van der Waals surface area (Å²) in [4.78, 5) is 17.9. The second kappa shape index (κ2) is 10.1. The second-order valence-corrected chi connectivity index (χ2v) is 6.24. The number of carbonyl (C=O) groups excluding carboxylic acids is 1. The molecule has 0 aliphatic rings. The van der Waals surface area contributed by atoms with Crippen molar-refractivity contribution in [2.45, 2.75) is 19.3 Å². The van der Waals surface area contributed by atoms with Crippen molar-refractivity contribution in [2.24, 2.45) is 0 Å². The number of pyridine rings is 1. The van der Waals surface area contributed by atoms with Crippen molar-refractivity contribution in [3.8, 4) is 0 Å². The van der Waals surface area contributed by atoms with E-state index < -0.39 is 0 Å². The normalized spacial score (nSPS) is 10.6. The average molecular weight is 346 g/mol. The number of carbonyl (C=O) groups is 1. The fraction of sp³-hybridized carbons (Fsp3) is 0.368. The Bertz CT molecular complexity index is 634. The first-order chi connectivity index (χ1) is 11.6. The maximum Gasteiger partial charge on any atom is 0.223 e. The lowest BCUT2D eigenvalue weighted by Crippen LogP contribution is -2.32. The Labute approximate surface area is 148 Å². The van der Waals surface area contributed by atoms with E-state index in [1.165, 1.54) is 11.1 Å². The largest absolute Gasteiger partial charge is 0.345 e. The number of nitrogens with zero attached hydrogens (tertiary/aromatic N) is 2. The number of halogens is 1. The first-order valence-corrected chi connectivity index (χ1v) is 8.61. The van der Waals surface area contributed by atoms with Gasteiger partial charge < -0.3 is 10.2 Å². The summed E-state index contributed by atoms with van der Waals surface area (Å²) in [6.07, 6.45) is 5.84. The van der Waals surface area contributed by atoms with Crippen molar-refractivity contribution >= 4 is 17.5 Å². The summed E-state index contributed by atoms with van der Waals surface area (Å²) in [7, 11) is 1.86. The zero-order valence-corrected chi connectivity index (χ0v) is 14.8. The molecule has 1 aromatic carbocycles. The zero-order valence-electron chi connectivity index (χ0n) is 14.0. The van der Waals surface area contributed by atoms with E-state index in [9.17, 15) is 4.79 Å². The van der Waals surface area contributed by atoms with Crippen LogP contribution in [0, 0.1) is 0 Å². The Morgan fingerprint density at radius 1 is 1.12 bits per heavy atom. The number of hydrogen-bond donors (Lipinski definition) is 1. The van der Waals surface area contributed by atoms with Crippen molar-refractivity contribution in [2.75, 3.05) is 26.7 Å². The molecule has 0 saturated carbocycles. The van der Waals surface area contributed by atoms with Gasteiger partial charge in [-0.1, -0.05) is 23.7 Å². The third-order valence-electron chi connectivity index (χ3n) is 3.91. The summed E-state index contributed by atoms with van der Waals surface area (Å²) in [6.45, 7) is 2.26. The first kappa shape index (κ1) is 18.4. The predicted molar refractivity (Wildman–Crippen MR) is 98.2 cm³/mol. The van der Waals surface area contributed by atoms with Crippen LogP contribution in [0.5, 0.6) is 0 Å². The molecule has 4 nitrogen and oxygen atoms in total. The highest BCUT2D eigenvalue weighted by Gasteiger charge is 2.08. The van der Waals surface area contributed by atoms with Crippen LogP contribution in [0.2, 0.25) is 5.02 Å². The maximum atomic E-state index is 12.1. The van der Waals surface area contributed by atoms with Crippen molar-refractivity contribution in [1.82, 2.24) is 15.2 Å². The maximum absolute atomic E-state index is 12.1. The predicted octanol–water partition coefficient (Wildman–Crippen LogP) is 2.96. The molecular weight excluding hydrogens is 322 g/mol. The topological polar surface area (TPSA) is 45.2 Å². The molecule has 2 rings (SSSR count). The minimum absolute atomic E-state index is 0.166. The van der Waals surface area contributed by atoms with E-state index in [0.29, 0.717) is 13.0 Å². The molecular formula is C19H24ClN3O. The molecule has 1 aromatic heterocycles. The average Bonchev–Trinajstić information content (AvgIpc) is 2.60. The molecule has 0 saturated heterocycles. The van der Waals surface area contributed by atoms with Crippen LogP contribution >= 0.6 is 11.6 Å². The van der Waals surface area contributed by atoms with Crippen molar-refractivity contribution in [3.05, 3.63) is 64.9 Å². The van der Waals surface area contributed by atoms with E-state index in [1.807, 2.05) is 37.4 Å². The van der Waals surface area contributed by atoms with Crippen LogP contribution in [-0.4, -0.2) is 42.5 Å². The lowest BCUT2D eigenvalue weighted by molar-refractivity contribution is -0.129. The molecule has 0 atom stereocenters. The van der Waals surface area contributed by atoms with Gasteiger partial charge in [0.1, 0.15) is 0 Å². The molecule has 0 spiro atoms. The van der Waals surface area contributed by atoms with Gasteiger partial charge in [0, 0.05) is 44.0 Å². The molecule has 5 heteroatoms. The van der Waals surface area contributed by atoms with Crippen LogP contribution in [-0.2, 0) is 17.6 Å². The van der Waals surface area contributed by atoms with E-state index in [1.54, 1.807) is 17.3 Å². The number of rotatable bonds is 9. The van der Waals surface area contributed by atoms with E-state index in [-0.39, 0.29) is 5.91 Å². The lowest BCUT2D eigenvalue weighted by Gasteiger charge is -2.17. The summed E-state index contributed by atoms with van der Waals surface area (Å²) < 4.78 is 0. The van der Waals surface area contributed by atoms with Gasteiger partial charge in [-0.05, 0) is 54.8 Å². The van der Waals surface area contributed by atoms with Crippen LogP contribution in [0.3, 0.4) is 0 Å². The van der Waals surface area contributed by atoms with Crippen LogP contribution in [0.25, 0.3) is 0 Å². The number of amides is 1. The van der Waals surface area contributed by atoms with Crippen molar-refractivity contribution < 1.29 is 4.79 Å². The summed E-state index contributed by atoms with van der Waals surface area (Å²) in [5, 5.41) is 4.08. The van der Waals surface area contributed by atoms with Crippen molar-refractivity contribution in [3.63, 3.8) is 0 Å². The molecule has 0 bridgehead atoms. The van der Waals surface area contributed by atoms with Gasteiger partial charge in [-0.25, -0.2) is 0 Å². The Morgan fingerprint density at radius 3 is 2.67 bits per heavy atom. The molecule has 0 radical (unpaired) electrons. The highest BCUT2D eigenvalue weighted by atomic mass is 35.5. The molecule has 1 amide bonds. The standard InChI is InChI=1S/C19H24ClN3O/c1-23(14-9-16-5-10-21-11-6-16)19(24)8-13-22-12-7-17-3-2-4-18(20)15-17/h2-6,10-11,15,22H,7-9,12-14H2,1H3.